The molecule has 0 amide bonds. The standard InChI is InChI=1S/C26H20N4O3/c31-26(32)19-14-30(15-19)13-17-9-10-22(21-7-3-2-6-20(17)21)24-28-25(33-29-24)18-11-16-5-1-4-8-23(16)27-12-18/h1-12,19H,13-15H2,(H,31,32). The fraction of sp³-hybridized carbons (Fsp3) is 0.154. The van der Waals surface area contributed by atoms with Gasteiger partial charge < -0.3 is 9.63 Å². The summed E-state index contributed by atoms with van der Waals surface area (Å²) in [7, 11) is 0. The van der Waals surface area contributed by atoms with E-state index in [1.54, 1.807) is 6.20 Å². The van der Waals surface area contributed by atoms with E-state index >= 15 is 0 Å². The van der Waals surface area contributed by atoms with E-state index in [4.69, 9.17) is 9.63 Å². The summed E-state index contributed by atoms with van der Waals surface area (Å²) < 4.78 is 5.59. The molecule has 2 aromatic heterocycles. The molecule has 0 spiro atoms. The Balaban J connectivity index is 1.33. The lowest BCUT2D eigenvalue weighted by Crippen LogP contribution is -2.49. The average Bonchev–Trinajstić information content (AvgIpc) is 3.30. The van der Waals surface area contributed by atoms with Gasteiger partial charge in [-0.25, -0.2) is 0 Å². The zero-order valence-electron chi connectivity index (χ0n) is 17.7. The molecule has 0 atom stereocenters. The number of aromatic nitrogens is 3. The molecule has 1 N–H and O–H groups in total. The van der Waals surface area contributed by atoms with Crippen LogP contribution < -0.4 is 0 Å². The van der Waals surface area contributed by atoms with Gasteiger partial charge in [0.15, 0.2) is 0 Å². The number of benzene rings is 3. The van der Waals surface area contributed by atoms with Crippen LogP contribution in [-0.2, 0) is 11.3 Å². The van der Waals surface area contributed by atoms with Crippen molar-refractivity contribution in [2.75, 3.05) is 13.1 Å². The van der Waals surface area contributed by atoms with Crippen molar-refractivity contribution in [1.82, 2.24) is 20.0 Å². The van der Waals surface area contributed by atoms with Crippen LogP contribution in [0.25, 0.3) is 44.5 Å². The third kappa shape index (κ3) is 3.52. The maximum atomic E-state index is 11.1. The summed E-state index contributed by atoms with van der Waals surface area (Å²) in [6, 6.07) is 22.1. The number of hydrogen-bond donors (Lipinski definition) is 1. The molecule has 5 aromatic rings. The van der Waals surface area contributed by atoms with Crippen LogP contribution in [0.1, 0.15) is 5.56 Å². The number of carbonyl (C=O) groups is 1. The Bertz CT molecular complexity index is 1500. The average molecular weight is 436 g/mol. The highest BCUT2D eigenvalue weighted by Crippen LogP contribution is 2.32. The lowest BCUT2D eigenvalue weighted by Gasteiger charge is -2.36. The molecule has 7 nitrogen and oxygen atoms in total. The number of carboxylic acid groups (broad SMARTS) is 1. The van der Waals surface area contributed by atoms with Crippen LogP contribution in [0.5, 0.6) is 0 Å². The molecular weight excluding hydrogens is 416 g/mol. The topological polar surface area (TPSA) is 92.3 Å². The van der Waals surface area contributed by atoms with E-state index < -0.39 is 5.97 Å². The number of pyridine rings is 1. The van der Waals surface area contributed by atoms with E-state index in [0.717, 1.165) is 38.4 Å². The third-order valence-corrected chi connectivity index (χ3v) is 6.22. The fourth-order valence-corrected chi connectivity index (χ4v) is 4.43. The van der Waals surface area contributed by atoms with Crippen LogP contribution in [0.3, 0.4) is 0 Å². The summed E-state index contributed by atoms with van der Waals surface area (Å²) in [5.41, 5.74) is 3.74. The molecule has 0 radical (unpaired) electrons. The minimum atomic E-state index is -0.721. The Morgan fingerprint density at radius 3 is 2.67 bits per heavy atom. The Hall–Kier alpha value is -4.10. The van der Waals surface area contributed by atoms with Gasteiger partial charge in [-0.15, -0.1) is 0 Å². The first-order valence-corrected chi connectivity index (χ1v) is 10.8. The molecule has 1 saturated heterocycles. The summed E-state index contributed by atoms with van der Waals surface area (Å²) in [5, 5.41) is 16.5. The molecule has 0 unspecified atom stereocenters. The van der Waals surface area contributed by atoms with Crippen molar-refractivity contribution in [2.45, 2.75) is 6.54 Å². The molecule has 162 valence electrons. The maximum absolute atomic E-state index is 11.1. The van der Waals surface area contributed by atoms with Gasteiger partial charge in [0.1, 0.15) is 0 Å². The number of aliphatic carboxylic acids is 1. The van der Waals surface area contributed by atoms with Crippen LogP contribution in [0.4, 0.5) is 0 Å². The minimum Gasteiger partial charge on any atom is -0.481 e. The Morgan fingerprint density at radius 1 is 1.03 bits per heavy atom. The molecule has 33 heavy (non-hydrogen) atoms. The number of carboxylic acids is 1. The van der Waals surface area contributed by atoms with Crippen molar-refractivity contribution < 1.29 is 14.4 Å². The number of nitrogens with zero attached hydrogens (tertiary/aromatic N) is 4. The smallest absolute Gasteiger partial charge is 0.309 e. The van der Waals surface area contributed by atoms with Crippen LogP contribution in [0.2, 0.25) is 0 Å². The van der Waals surface area contributed by atoms with Crippen molar-refractivity contribution in [2.24, 2.45) is 5.92 Å². The second-order valence-electron chi connectivity index (χ2n) is 8.39. The first kappa shape index (κ1) is 19.6. The fourth-order valence-electron chi connectivity index (χ4n) is 4.43. The number of likely N-dealkylation sites (tertiary alicyclic amines) is 1. The van der Waals surface area contributed by atoms with Crippen LogP contribution >= 0.6 is 0 Å². The monoisotopic (exact) mass is 436 g/mol. The normalized spacial score (nSPS) is 14.5. The molecular formula is C26H20N4O3. The predicted octanol–water partition coefficient (Wildman–Crippen LogP) is 4.62. The molecule has 3 aromatic carbocycles. The molecule has 0 bridgehead atoms. The van der Waals surface area contributed by atoms with E-state index in [2.05, 4.69) is 38.2 Å². The first-order valence-electron chi connectivity index (χ1n) is 10.8. The quantitative estimate of drug-likeness (QED) is 0.430. The van der Waals surface area contributed by atoms with Gasteiger partial charge in [0, 0.05) is 36.8 Å². The zero-order valence-corrected chi connectivity index (χ0v) is 17.7. The highest BCUT2D eigenvalue weighted by molar-refractivity contribution is 5.97. The van der Waals surface area contributed by atoms with Crippen molar-refractivity contribution in [1.29, 1.82) is 0 Å². The molecule has 1 fully saturated rings. The predicted molar refractivity (Wildman–Crippen MR) is 124 cm³/mol. The summed E-state index contributed by atoms with van der Waals surface area (Å²) in [6.07, 6.45) is 1.75. The van der Waals surface area contributed by atoms with Gasteiger partial charge in [0.25, 0.3) is 5.89 Å². The SMILES string of the molecule is O=C(O)C1CN(Cc2ccc(-c3noc(-c4cnc5ccccc5c4)n3)c3ccccc23)C1. The van der Waals surface area contributed by atoms with E-state index in [1.807, 2.05) is 48.5 Å². The largest absolute Gasteiger partial charge is 0.481 e. The van der Waals surface area contributed by atoms with Crippen molar-refractivity contribution in [3.05, 3.63) is 78.5 Å². The molecule has 0 aliphatic carbocycles. The Labute approximate surface area is 189 Å². The number of rotatable bonds is 5. The van der Waals surface area contributed by atoms with E-state index in [9.17, 15) is 4.79 Å². The summed E-state index contributed by atoms with van der Waals surface area (Å²) in [5.74, 6) is -0.0358. The van der Waals surface area contributed by atoms with E-state index in [1.165, 1.54) is 0 Å². The minimum absolute atomic E-state index is 0.266. The number of hydrogen-bond acceptors (Lipinski definition) is 6. The third-order valence-electron chi connectivity index (χ3n) is 6.22. The second-order valence-corrected chi connectivity index (χ2v) is 8.39. The van der Waals surface area contributed by atoms with Crippen LogP contribution in [0.15, 0.2) is 77.4 Å². The lowest BCUT2D eigenvalue weighted by molar-refractivity contribution is -0.147. The summed E-state index contributed by atoms with van der Waals surface area (Å²) >= 11 is 0. The molecule has 3 heterocycles. The molecule has 7 heteroatoms. The van der Waals surface area contributed by atoms with Gasteiger partial charge in [0.2, 0.25) is 5.82 Å². The van der Waals surface area contributed by atoms with E-state index in [0.29, 0.717) is 31.3 Å². The highest BCUT2D eigenvalue weighted by Gasteiger charge is 2.32. The van der Waals surface area contributed by atoms with Crippen LogP contribution in [0, 0.1) is 5.92 Å². The molecule has 0 saturated carbocycles. The van der Waals surface area contributed by atoms with Gasteiger partial charge in [0.05, 0.1) is 17.0 Å². The molecule has 1 aliphatic rings. The van der Waals surface area contributed by atoms with Crippen molar-refractivity contribution in [3.8, 4) is 22.8 Å². The van der Waals surface area contributed by atoms with Gasteiger partial charge in [-0.1, -0.05) is 59.8 Å². The Morgan fingerprint density at radius 2 is 1.82 bits per heavy atom. The highest BCUT2D eigenvalue weighted by atomic mass is 16.5. The van der Waals surface area contributed by atoms with Crippen LogP contribution in [-0.4, -0.2) is 44.2 Å². The number of para-hydroxylation sites is 1. The first-order chi connectivity index (χ1) is 16.2. The van der Waals surface area contributed by atoms with Gasteiger partial charge in [-0.2, -0.15) is 4.98 Å². The molecule has 6 rings (SSSR count). The van der Waals surface area contributed by atoms with Gasteiger partial charge >= 0.3 is 5.97 Å². The molecule has 1 aliphatic heterocycles. The van der Waals surface area contributed by atoms with Gasteiger partial charge in [-0.3, -0.25) is 14.7 Å². The number of fused-ring (bicyclic) bond motifs is 2. The lowest BCUT2D eigenvalue weighted by atomic mass is 9.95. The van der Waals surface area contributed by atoms with Crippen molar-refractivity contribution >= 4 is 27.6 Å². The maximum Gasteiger partial charge on any atom is 0.309 e. The van der Waals surface area contributed by atoms with Crippen molar-refractivity contribution in [3.63, 3.8) is 0 Å². The zero-order chi connectivity index (χ0) is 22.4. The summed E-state index contributed by atoms with van der Waals surface area (Å²) in [4.78, 5) is 22.4. The summed E-state index contributed by atoms with van der Waals surface area (Å²) in [6.45, 7) is 1.88. The Kier molecular flexibility index (Phi) is 4.62. The van der Waals surface area contributed by atoms with E-state index in [-0.39, 0.29) is 5.92 Å². The van der Waals surface area contributed by atoms with Gasteiger partial charge in [-0.05, 0) is 28.5 Å². The second kappa shape index (κ2) is 7.79.